The molecule has 0 saturated carbocycles. The Kier molecular flexibility index (Phi) is 2.42. The average molecular weight is 168 g/mol. The van der Waals surface area contributed by atoms with Crippen molar-refractivity contribution in [2.75, 3.05) is 0 Å². The van der Waals surface area contributed by atoms with E-state index < -0.39 is 0 Å². The van der Waals surface area contributed by atoms with E-state index in [9.17, 15) is 0 Å². The Balaban J connectivity index is 2.25. The Hall–Kier alpha value is -1.56. The average Bonchev–Trinajstić information content (AvgIpc) is 2.21. The lowest BCUT2D eigenvalue weighted by molar-refractivity contribution is 1.35. The van der Waals surface area contributed by atoms with Gasteiger partial charge in [-0.3, -0.25) is 0 Å². The third-order valence-electron chi connectivity index (χ3n) is 2.03. The van der Waals surface area contributed by atoms with Crippen molar-refractivity contribution in [2.24, 2.45) is 0 Å². The van der Waals surface area contributed by atoms with Gasteiger partial charge in [-0.05, 0) is 23.6 Å². The first kappa shape index (κ1) is 8.06. The van der Waals surface area contributed by atoms with E-state index >= 15 is 0 Å². The molecule has 0 radical (unpaired) electrons. The zero-order chi connectivity index (χ0) is 8.93. The highest BCUT2D eigenvalue weighted by Crippen LogP contribution is 2.12. The second-order valence-electron chi connectivity index (χ2n) is 3.10. The zero-order valence-electron chi connectivity index (χ0n) is 7.48. The van der Waals surface area contributed by atoms with Gasteiger partial charge in [0.15, 0.2) is 0 Å². The summed E-state index contributed by atoms with van der Waals surface area (Å²) in [7, 11) is 0. The van der Waals surface area contributed by atoms with Crippen LogP contribution in [0.15, 0.2) is 60.2 Å². The summed E-state index contributed by atoms with van der Waals surface area (Å²) in [6.45, 7) is 0. The maximum absolute atomic E-state index is 2.19. The van der Waals surface area contributed by atoms with Crippen LogP contribution in [0.2, 0.25) is 0 Å². The number of hydrogen-bond donors (Lipinski definition) is 0. The zero-order valence-corrected chi connectivity index (χ0v) is 7.48. The minimum atomic E-state index is 1.06. The first-order valence-electron chi connectivity index (χ1n) is 4.55. The van der Waals surface area contributed by atoms with E-state index in [4.69, 9.17) is 0 Å². The molecule has 0 fully saturated rings. The van der Waals surface area contributed by atoms with Gasteiger partial charge >= 0.3 is 0 Å². The Morgan fingerprint density at radius 1 is 0.923 bits per heavy atom. The smallest absolute Gasteiger partial charge is 0.0163 e. The minimum absolute atomic E-state index is 1.06. The van der Waals surface area contributed by atoms with Gasteiger partial charge in [-0.25, -0.2) is 0 Å². The molecule has 0 atom stereocenters. The van der Waals surface area contributed by atoms with Crippen LogP contribution in [0.5, 0.6) is 0 Å². The molecule has 1 aromatic carbocycles. The van der Waals surface area contributed by atoms with Crippen LogP contribution in [0, 0.1) is 0 Å². The molecule has 0 heteroatoms. The fraction of sp³-hybridized carbons (Fsp3) is 0.0769. The molecule has 0 saturated heterocycles. The number of benzene rings is 1. The van der Waals surface area contributed by atoms with Gasteiger partial charge in [0.2, 0.25) is 0 Å². The molecule has 0 spiro atoms. The van der Waals surface area contributed by atoms with Crippen molar-refractivity contribution in [3.8, 4) is 0 Å². The Labute approximate surface area is 78.9 Å². The number of hydrogen-bond acceptors (Lipinski definition) is 0. The molecule has 1 aromatic rings. The second-order valence-corrected chi connectivity index (χ2v) is 3.10. The maximum atomic E-state index is 2.19. The third kappa shape index (κ3) is 2.19. The van der Waals surface area contributed by atoms with Crippen molar-refractivity contribution < 1.29 is 0 Å². The lowest BCUT2D eigenvalue weighted by Crippen LogP contribution is -1.78. The fourth-order valence-electron chi connectivity index (χ4n) is 1.38. The lowest BCUT2D eigenvalue weighted by Gasteiger charge is -1.99. The van der Waals surface area contributed by atoms with Crippen LogP contribution < -0.4 is 0 Å². The van der Waals surface area contributed by atoms with Crippen LogP contribution >= 0.6 is 0 Å². The Morgan fingerprint density at radius 3 is 2.31 bits per heavy atom. The van der Waals surface area contributed by atoms with Crippen LogP contribution in [0.25, 0.3) is 6.08 Å². The van der Waals surface area contributed by atoms with Crippen LogP contribution in [0.1, 0.15) is 12.0 Å². The standard InChI is InChI=1S/C13H12/c1-3-7-12(8-4-1)11-13-9-5-2-6-10-13/h1,3-11H,2H2. The van der Waals surface area contributed by atoms with E-state index in [-0.39, 0.29) is 0 Å². The van der Waals surface area contributed by atoms with Crippen LogP contribution in [0.3, 0.4) is 0 Å². The highest BCUT2D eigenvalue weighted by atomic mass is 14.0. The molecule has 2 rings (SSSR count). The summed E-state index contributed by atoms with van der Waals surface area (Å²) in [5.74, 6) is 0. The van der Waals surface area contributed by atoms with E-state index in [1.807, 2.05) is 6.07 Å². The van der Waals surface area contributed by atoms with Gasteiger partial charge in [-0.1, -0.05) is 54.6 Å². The van der Waals surface area contributed by atoms with E-state index in [0.717, 1.165) is 6.42 Å². The highest BCUT2D eigenvalue weighted by molar-refractivity contribution is 5.59. The van der Waals surface area contributed by atoms with Crippen molar-refractivity contribution in [1.82, 2.24) is 0 Å². The second kappa shape index (κ2) is 3.90. The number of allylic oxidation sites excluding steroid dienone is 5. The molecule has 0 aliphatic heterocycles. The van der Waals surface area contributed by atoms with Crippen LogP contribution in [-0.2, 0) is 0 Å². The molecular formula is C13H12. The predicted molar refractivity (Wildman–Crippen MR) is 57.3 cm³/mol. The molecule has 0 amide bonds. The predicted octanol–water partition coefficient (Wildman–Crippen LogP) is 3.59. The van der Waals surface area contributed by atoms with Gasteiger partial charge in [-0.15, -0.1) is 0 Å². The largest absolute Gasteiger partial charge is 0.0801 e. The molecule has 0 aromatic heterocycles. The molecule has 64 valence electrons. The summed E-state index contributed by atoms with van der Waals surface area (Å²) in [5.41, 5.74) is 2.53. The molecule has 0 unspecified atom stereocenters. The SMILES string of the molecule is C1=CC(=Cc2ccccc2)C=CC1. The summed E-state index contributed by atoms with van der Waals surface area (Å²) in [5, 5.41) is 0. The van der Waals surface area contributed by atoms with Crippen molar-refractivity contribution >= 4 is 6.08 Å². The summed E-state index contributed by atoms with van der Waals surface area (Å²) >= 11 is 0. The van der Waals surface area contributed by atoms with Crippen LogP contribution in [-0.4, -0.2) is 0 Å². The van der Waals surface area contributed by atoms with E-state index in [1.165, 1.54) is 11.1 Å². The summed E-state index contributed by atoms with van der Waals surface area (Å²) in [4.78, 5) is 0. The van der Waals surface area contributed by atoms with E-state index in [0.29, 0.717) is 0 Å². The van der Waals surface area contributed by atoms with E-state index in [1.54, 1.807) is 0 Å². The summed E-state index contributed by atoms with van der Waals surface area (Å²) in [6.07, 6.45) is 11.9. The van der Waals surface area contributed by atoms with Crippen molar-refractivity contribution in [3.63, 3.8) is 0 Å². The highest BCUT2D eigenvalue weighted by Gasteiger charge is 1.91. The number of rotatable bonds is 1. The molecule has 1 aliphatic rings. The summed E-state index contributed by atoms with van der Waals surface area (Å²) < 4.78 is 0. The minimum Gasteiger partial charge on any atom is -0.0801 e. The van der Waals surface area contributed by atoms with Crippen LogP contribution in [0.4, 0.5) is 0 Å². The molecule has 0 bridgehead atoms. The summed E-state index contributed by atoms with van der Waals surface area (Å²) in [6, 6.07) is 10.4. The van der Waals surface area contributed by atoms with Gasteiger partial charge in [0.1, 0.15) is 0 Å². The monoisotopic (exact) mass is 168 g/mol. The fourth-order valence-corrected chi connectivity index (χ4v) is 1.38. The molecule has 0 heterocycles. The van der Waals surface area contributed by atoms with Crippen molar-refractivity contribution in [1.29, 1.82) is 0 Å². The van der Waals surface area contributed by atoms with Gasteiger partial charge in [0.25, 0.3) is 0 Å². The normalized spacial score (nSPS) is 14.6. The molecule has 13 heavy (non-hydrogen) atoms. The van der Waals surface area contributed by atoms with Gasteiger partial charge < -0.3 is 0 Å². The van der Waals surface area contributed by atoms with Crippen molar-refractivity contribution in [3.05, 3.63) is 65.8 Å². The Bertz CT molecular complexity index is 339. The quantitative estimate of drug-likeness (QED) is 0.601. The van der Waals surface area contributed by atoms with Crippen molar-refractivity contribution in [2.45, 2.75) is 6.42 Å². The van der Waals surface area contributed by atoms with Gasteiger partial charge in [0.05, 0.1) is 0 Å². The molecular weight excluding hydrogens is 156 g/mol. The topological polar surface area (TPSA) is 0 Å². The van der Waals surface area contributed by atoms with Gasteiger partial charge in [-0.2, -0.15) is 0 Å². The molecule has 0 N–H and O–H groups in total. The first-order chi connectivity index (χ1) is 6.45. The van der Waals surface area contributed by atoms with Gasteiger partial charge in [0, 0.05) is 0 Å². The first-order valence-corrected chi connectivity index (χ1v) is 4.55. The lowest BCUT2D eigenvalue weighted by atomic mass is 10.1. The Morgan fingerprint density at radius 2 is 1.62 bits per heavy atom. The van der Waals surface area contributed by atoms with E-state index in [2.05, 4.69) is 54.6 Å². The molecule has 1 aliphatic carbocycles. The molecule has 0 nitrogen and oxygen atoms in total. The maximum Gasteiger partial charge on any atom is -0.0163 e. The third-order valence-corrected chi connectivity index (χ3v) is 2.03.